The van der Waals surface area contributed by atoms with Crippen molar-refractivity contribution in [1.82, 2.24) is 0 Å². The molecule has 15 heavy (non-hydrogen) atoms. The van der Waals surface area contributed by atoms with E-state index in [0.29, 0.717) is 12.0 Å². The monoisotopic (exact) mass is 209 g/mol. The second kappa shape index (κ2) is 3.62. The van der Waals surface area contributed by atoms with Gasteiger partial charge in [0.2, 0.25) is 0 Å². The van der Waals surface area contributed by atoms with Crippen LogP contribution in [0.1, 0.15) is 33.9 Å². The van der Waals surface area contributed by atoms with Crippen molar-refractivity contribution in [2.24, 2.45) is 5.73 Å². The van der Waals surface area contributed by atoms with Crippen molar-refractivity contribution in [3.05, 3.63) is 34.6 Å². The highest BCUT2D eigenvalue weighted by Crippen LogP contribution is 2.32. The fourth-order valence-corrected chi connectivity index (χ4v) is 1.94. The molecule has 0 saturated heterocycles. The number of halogens is 1. The highest BCUT2D eigenvalue weighted by atomic mass is 19.1. The van der Waals surface area contributed by atoms with Gasteiger partial charge in [0, 0.05) is 6.04 Å². The van der Waals surface area contributed by atoms with Crippen molar-refractivity contribution in [3.63, 3.8) is 0 Å². The Bertz CT molecular complexity index is 417. The molecule has 2 rings (SSSR count). The average Bonchev–Trinajstić information content (AvgIpc) is 2.60. The number of fused-ring (bicyclic) bond motifs is 1. The Morgan fingerprint density at radius 2 is 2.33 bits per heavy atom. The Morgan fingerprint density at radius 1 is 1.60 bits per heavy atom. The van der Waals surface area contributed by atoms with Gasteiger partial charge in [-0.05, 0) is 36.1 Å². The summed E-state index contributed by atoms with van der Waals surface area (Å²) < 4.78 is 18.1. The Balaban J connectivity index is 2.50. The van der Waals surface area contributed by atoms with E-state index in [9.17, 15) is 9.18 Å². The molecule has 1 aliphatic rings. The second-order valence-corrected chi connectivity index (χ2v) is 3.66. The molecule has 1 aromatic rings. The van der Waals surface area contributed by atoms with E-state index in [-0.39, 0.29) is 17.4 Å². The zero-order chi connectivity index (χ0) is 11.0. The largest absolute Gasteiger partial charge is 0.465 e. The number of benzene rings is 1. The SMILES string of the molecule is COC(=O)c1cc(F)c2c(c1)C(N)CC2. The minimum atomic E-state index is -0.532. The van der Waals surface area contributed by atoms with Gasteiger partial charge in [0.25, 0.3) is 0 Å². The first-order valence-corrected chi connectivity index (χ1v) is 4.79. The van der Waals surface area contributed by atoms with Gasteiger partial charge >= 0.3 is 5.97 Å². The van der Waals surface area contributed by atoms with Gasteiger partial charge in [0.1, 0.15) is 5.82 Å². The summed E-state index contributed by atoms with van der Waals surface area (Å²) in [6.07, 6.45) is 1.38. The van der Waals surface area contributed by atoms with Crippen molar-refractivity contribution in [2.45, 2.75) is 18.9 Å². The van der Waals surface area contributed by atoms with Gasteiger partial charge in [0.05, 0.1) is 12.7 Å². The zero-order valence-electron chi connectivity index (χ0n) is 8.42. The molecule has 1 aliphatic carbocycles. The molecule has 0 heterocycles. The number of methoxy groups -OCH3 is 1. The molecule has 0 aliphatic heterocycles. The van der Waals surface area contributed by atoms with Gasteiger partial charge in [-0.2, -0.15) is 0 Å². The number of carbonyl (C=O) groups excluding carboxylic acids is 1. The summed E-state index contributed by atoms with van der Waals surface area (Å²) >= 11 is 0. The maximum Gasteiger partial charge on any atom is 0.337 e. The number of hydrogen-bond acceptors (Lipinski definition) is 3. The molecule has 80 valence electrons. The maximum atomic E-state index is 13.6. The quantitative estimate of drug-likeness (QED) is 0.714. The van der Waals surface area contributed by atoms with Crippen LogP contribution in [-0.4, -0.2) is 13.1 Å². The molecule has 0 aromatic heterocycles. The minimum absolute atomic E-state index is 0.167. The normalized spacial score (nSPS) is 18.7. The van der Waals surface area contributed by atoms with E-state index in [1.54, 1.807) is 6.07 Å². The molecule has 2 N–H and O–H groups in total. The van der Waals surface area contributed by atoms with Gasteiger partial charge in [-0.25, -0.2) is 9.18 Å². The molecule has 1 aromatic carbocycles. The van der Waals surface area contributed by atoms with Crippen molar-refractivity contribution in [2.75, 3.05) is 7.11 Å². The van der Waals surface area contributed by atoms with Crippen LogP contribution in [0.5, 0.6) is 0 Å². The fourth-order valence-electron chi connectivity index (χ4n) is 1.94. The summed E-state index contributed by atoms with van der Waals surface area (Å²) in [5, 5.41) is 0. The Morgan fingerprint density at radius 3 is 3.00 bits per heavy atom. The zero-order valence-corrected chi connectivity index (χ0v) is 8.42. The first-order valence-electron chi connectivity index (χ1n) is 4.79. The van der Waals surface area contributed by atoms with E-state index in [0.717, 1.165) is 12.0 Å². The molecule has 0 radical (unpaired) electrons. The summed E-state index contributed by atoms with van der Waals surface area (Å²) in [5.74, 6) is -0.892. The Kier molecular flexibility index (Phi) is 2.44. The third-order valence-electron chi connectivity index (χ3n) is 2.76. The van der Waals surface area contributed by atoms with Gasteiger partial charge in [-0.3, -0.25) is 0 Å². The molecular formula is C11H12FNO2. The van der Waals surface area contributed by atoms with Crippen LogP contribution in [0.15, 0.2) is 12.1 Å². The predicted molar refractivity (Wildman–Crippen MR) is 53.0 cm³/mol. The van der Waals surface area contributed by atoms with Gasteiger partial charge in [-0.15, -0.1) is 0 Å². The van der Waals surface area contributed by atoms with Gasteiger partial charge < -0.3 is 10.5 Å². The van der Waals surface area contributed by atoms with E-state index in [1.807, 2.05) is 0 Å². The number of ether oxygens (including phenoxy) is 1. The van der Waals surface area contributed by atoms with Crippen LogP contribution in [-0.2, 0) is 11.2 Å². The molecule has 1 unspecified atom stereocenters. The molecule has 0 amide bonds. The van der Waals surface area contributed by atoms with Crippen LogP contribution in [0, 0.1) is 5.82 Å². The van der Waals surface area contributed by atoms with Crippen LogP contribution >= 0.6 is 0 Å². The van der Waals surface area contributed by atoms with Crippen molar-refractivity contribution < 1.29 is 13.9 Å². The predicted octanol–water partition coefficient (Wildman–Crippen LogP) is 1.56. The molecular weight excluding hydrogens is 197 g/mol. The fraction of sp³-hybridized carbons (Fsp3) is 0.364. The lowest BCUT2D eigenvalue weighted by atomic mass is 10.0. The third-order valence-corrected chi connectivity index (χ3v) is 2.76. The van der Waals surface area contributed by atoms with E-state index in [4.69, 9.17) is 5.73 Å². The molecule has 4 heteroatoms. The topological polar surface area (TPSA) is 52.3 Å². The highest BCUT2D eigenvalue weighted by molar-refractivity contribution is 5.89. The number of hydrogen-bond donors (Lipinski definition) is 1. The minimum Gasteiger partial charge on any atom is -0.465 e. The number of rotatable bonds is 1. The number of esters is 1. The highest BCUT2D eigenvalue weighted by Gasteiger charge is 2.24. The van der Waals surface area contributed by atoms with E-state index in [1.165, 1.54) is 13.2 Å². The molecule has 1 atom stereocenters. The maximum absolute atomic E-state index is 13.6. The summed E-state index contributed by atoms with van der Waals surface area (Å²) in [6.45, 7) is 0. The Labute approximate surface area is 87.0 Å². The lowest BCUT2D eigenvalue weighted by Crippen LogP contribution is -2.08. The molecule has 3 nitrogen and oxygen atoms in total. The van der Waals surface area contributed by atoms with E-state index in [2.05, 4.69) is 4.74 Å². The number of nitrogens with two attached hydrogens (primary N) is 1. The number of carbonyl (C=O) groups is 1. The standard InChI is InChI=1S/C11H12FNO2/c1-15-11(14)6-4-8-7(9(12)5-6)2-3-10(8)13/h4-5,10H,2-3,13H2,1H3. The van der Waals surface area contributed by atoms with Gasteiger partial charge in [0.15, 0.2) is 0 Å². The molecule has 0 fully saturated rings. The lowest BCUT2D eigenvalue weighted by molar-refractivity contribution is 0.0600. The van der Waals surface area contributed by atoms with Crippen LogP contribution in [0.2, 0.25) is 0 Å². The summed E-state index contributed by atoms with van der Waals surface area (Å²) in [6, 6.07) is 2.67. The van der Waals surface area contributed by atoms with Crippen molar-refractivity contribution >= 4 is 5.97 Å². The van der Waals surface area contributed by atoms with Gasteiger partial charge in [-0.1, -0.05) is 0 Å². The van der Waals surface area contributed by atoms with Crippen LogP contribution < -0.4 is 5.73 Å². The first-order chi connectivity index (χ1) is 7.13. The summed E-state index contributed by atoms with van der Waals surface area (Å²) in [7, 11) is 1.27. The van der Waals surface area contributed by atoms with Crippen LogP contribution in [0.25, 0.3) is 0 Å². The van der Waals surface area contributed by atoms with E-state index < -0.39 is 5.97 Å². The Hall–Kier alpha value is -1.42. The molecule has 0 saturated carbocycles. The van der Waals surface area contributed by atoms with Crippen LogP contribution in [0.3, 0.4) is 0 Å². The second-order valence-electron chi connectivity index (χ2n) is 3.66. The molecule has 0 bridgehead atoms. The lowest BCUT2D eigenvalue weighted by Gasteiger charge is -2.07. The first kappa shape index (κ1) is 10.1. The van der Waals surface area contributed by atoms with Crippen LogP contribution in [0.4, 0.5) is 4.39 Å². The summed E-state index contributed by atoms with van der Waals surface area (Å²) in [5.41, 5.74) is 7.40. The summed E-state index contributed by atoms with van der Waals surface area (Å²) in [4.78, 5) is 11.2. The molecule has 0 spiro atoms. The van der Waals surface area contributed by atoms with Crippen molar-refractivity contribution in [1.29, 1.82) is 0 Å². The third kappa shape index (κ3) is 1.61. The van der Waals surface area contributed by atoms with Crippen molar-refractivity contribution in [3.8, 4) is 0 Å². The smallest absolute Gasteiger partial charge is 0.337 e. The average molecular weight is 209 g/mol. The van der Waals surface area contributed by atoms with E-state index >= 15 is 0 Å².